The van der Waals surface area contributed by atoms with Crippen molar-refractivity contribution in [3.8, 4) is 0 Å². The van der Waals surface area contributed by atoms with Crippen LogP contribution in [0.3, 0.4) is 0 Å². The predicted molar refractivity (Wildman–Crippen MR) is 55.7 cm³/mol. The molecule has 0 saturated heterocycles. The van der Waals surface area contributed by atoms with Crippen LogP contribution < -0.4 is 10.2 Å². The number of nitrogens with zero attached hydrogens (tertiary/aromatic N) is 3. The minimum atomic E-state index is -2.42. The predicted octanol–water partition coefficient (Wildman–Crippen LogP) is 1.44. The molecule has 5 nitrogen and oxygen atoms in total. The van der Waals surface area contributed by atoms with Crippen molar-refractivity contribution in [2.45, 2.75) is 26.3 Å². The first-order valence-corrected chi connectivity index (χ1v) is 5.10. The van der Waals surface area contributed by atoms with Gasteiger partial charge in [0.25, 0.3) is 6.43 Å². The average Bonchev–Trinajstić information content (AvgIpc) is 2.65. The number of alkyl halides is 2. The molecule has 0 bridgehead atoms. The van der Waals surface area contributed by atoms with Gasteiger partial charge in [-0.2, -0.15) is 0 Å². The fourth-order valence-electron chi connectivity index (χ4n) is 1.23. The fraction of sp³-hybridized carbons (Fsp3) is 0.778. The molecule has 1 N–H and O–H groups in total. The number of anilines is 1. The summed E-state index contributed by atoms with van der Waals surface area (Å²) in [6.45, 7) is 4.17. The lowest BCUT2D eigenvalue weighted by Gasteiger charge is -2.12. The van der Waals surface area contributed by atoms with E-state index in [1.807, 2.05) is 13.8 Å². The smallest absolute Gasteiger partial charge is 0.318 e. The van der Waals surface area contributed by atoms with E-state index >= 15 is 0 Å². The van der Waals surface area contributed by atoms with Gasteiger partial charge in [-0.1, -0.05) is 12.0 Å². The van der Waals surface area contributed by atoms with Crippen LogP contribution in [0.1, 0.15) is 25.8 Å². The van der Waals surface area contributed by atoms with Gasteiger partial charge in [0.15, 0.2) is 0 Å². The Morgan fingerprint density at radius 2 is 2.12 bits per heavy atom. The van der Waals surface area contributed by atoms with Gasteiger partial charge in [-0.25, -0.2) is 8.78 Å². The quantitative estimate of drug-likeness (QED) is 0.807. The van der Waals surface area contributed by atoms with Crippen molar-refractivity contribution in [2.24, 2.45) is 0 Å². The van der Waals surface area contributed by atoms with E-state index in [1.54, 1.807) is 0 Å². The number of rotatable bonds is 6. The Kier molecular flexibility index (Phi) is 4.60. The Bertz CT molecular complexity index is 318. The highest BCUT2D eigenvalue weighted by Gasteiger charge is 2.17. The summed E-state index contributed by atoms with van der Waals surface area (Å²) in [5.41, 5.74) is 0. The summed E-state index contributed by atoms with van der Waals surface area (Å²) < 4.78 is 29.5. The van der Waals surface area contributed by atoms with Gasteiger partial charge in [-0.3, -0.25) is 0 Å². The van der Waals surface area contributed by atoms with E-state index < -0.39 is 13.0 Å². The molecule has 1 heterocycles. The Balaban J connectivity index is 2.63. The summed E-state index contributed by atoms with van der Waals surface area (Å²) in [5, 5.41) is 10.6. The Hall–Kier alpha value is -1.24. The van der Waals surface area contributed by atoms with Crippen LogP contribution in [0.2, 0.25) is 0 Å². The van der Waals surface area contributed by atoms with Crippen molar-refractivity contribution in [2.75, 3.05) is 25.0 Å². The molecule has 0 aliphatic heterocycles. The van der Waals surface area contributed by atoms with Crippen LogP contribution >= 0.6 is 0 Å². The molecule has 0 saturated carbocycles. The molecule has 0 aromatic carbocycles. The van der Waals surface area contributed by atoms with Crippen LogP contribution in [0, 0.1) is 0 Å². The fourth-order valence-corrected chi connectivity index (χ4v) is 1.23. The van der Waals surface area contributed by atoms with Crippen LogP contribution in [0.15, 0.2) is 4.42 Å². The monoisotopic (exact) mass is 234 g/mol. The maximum atomic E-state index is 12.1. The maximum absolute atomic E-state index is 12.1. The first kappa shape index (κ1) is 12.8. The molecule has 0 amide bonds. The molecule has 1 rings (SSSR count). The second-order valence-electron chi connectivity index (χ2n) is 3.47. The highest BCUT2D eigenvalue weighted by atomic mass is 19.3. The van der Waals surface area contributed by atoms with Gasteiger partial charge in [-0.15, -0.1) is 5.10 Å². The molecule has 0 aliphatic rings. The zero-order chi connectivity index (χ0) is 12.1. The van der Waals surface area contributed by atoms with Gasteiger partial charge in [0.2, 0.25) is 5.89 Å². The van der Waals surface area contributed by atoms with Crippen LogP contribution in [0.5, 0.6) is 0 Å². The van der Waals surface area contributed by atoms with Crippen LogP contribution in [-0.2, 0) is 0 Å². The molecule has 16 heavy (non-hydrogen) atoms. The largest absolute Gasteiger partial charge is 0.406 e. The van der Waals surface area contributed by atoms with Gasteiger partial charge < -0.3 is 14.6 Å². The number of hydrogen-bond donors (Lipinski definition) is 1. The van der Waals surface area contributed by atoms with E-state index in [4.69, 9.17) is 4.42 Å². The molecule has 0 aliphatic carbocycles. The highest BCUT2D eigenvalue weighted by Crippen LogP contribution is 2.16. The van der Waals surface area contributed by atoms with Crippen LogP contribution in [-0.4, -0.2) is 36.8 Å². The van der Waals surface area contributed by atoms with E-state index in [0.29, 0.717) is 5.89 Å². The number of aromatic nitrogens is 2. The van der Waals surface area contributed by atoms with Crippen molar-refractivity contribution >= 4 is 6.01 Å². The summed E-state index contributed by atoms with van der Waals surface area (Å²) in [6.07, 6.45) is -2.42. The van der Waals surface area contributed by atoms with E-state index in [9.17, 15) is 8.78 Å². The topological polar surface area (TPSA) is 54.2 Å². The van der Waals surface area contributed by atoms with Gasteiger partial charge in [0.05, 0.1) is 12.6 Å². The van der Waals surface area contributed by atoms with Gasteiger partial charge >= 0.3 is 6.01 Å². The van der Waals surface area contributed by atoms with E-state index in [0.717, 1.165) is 6.54 Å². The molecule has 1 aromatic heterocycles. The van der Waals surface area contributed by atoms with E-state index in [-0.39, 0.29) is 12.1 Å². The molecular formula is C9H16F2N4O. The normalized spacial score (nSPS) is 13.1. The number of hydrogen-bond acceptors (Lipinski definition) is 5. The van der Waals surface area contributed by atoms with Crippen molar-refractivity contribution in [1.29, 1.82) is 0 Å². The standard InChI is InChI=1S/C9H16F2N4O/c1-4-12-6(2)8-13-14-9(16-8)15(3)5-7(10)11/h6-7,12H,4-5H2,1-3H3. The third-order valence-corrected chi connectivity index (χ3v) is 2.05. The van der Waals surface area contributed by atoms with Gasteiger partial charge in [-0.05, 0) is 13.5 Å². The molecule has 0 radical (unpaired) electrons. The number of halogens is 2. The Labute approximate surface area is 92.8 Å². The molecular weight excluding hydrogens is 218 g/mol. The summed E-state index contributed by atoms with van der Waals surface area (Å²) in [5.74, 6) is 0.401. The number of nitrogens with one attached hydrogen (secondary N) is 1. The highest BCUT2D eigenvalue weighted by molar-refractivity contribution is 5.22. The minimum absolute atomic E-state index is 0.0776. The Morgan fingerprint density at radius 1 is 1.44 bits per heavy atom. The van der Waals surface area contributed by atoms with Gasteiger partial charge in [0, 0.05) is 7.05 Å². The van der Waals surface area contributed by atoms with E-state index in [1.165, 1.54) is 11.9 Å². The van der Waals surface area contributed by atoms with Crippen molar-refractivity contribution in [3.63, 3.8) is 0 Å². The minimum Gasteiger partial charge on any atom is -0.406 e. The van der Waals surface area contributed by atoms with E-state index in [2.05, 4.69) is 15.5 Å². The SMILES string of the molecule is CCNC(C)c1nnc(N(C)CC(F)F)o1. The van der Waals surface area contributed by atoms with Crippen molar-refractivity contribution in [3.05, 3.63) is 5.89 Å². The third kappa shape index (κ3) is 3.41. The maximum Gasteiger partial charge on any atom is 0.318 e. The summed E-state index contributed by atoms with van der Waals surface area (Å²) in [4.78, 5) is 1.24. The molecule has 1 aromatic rings. The lowest BCUT2D eigenvalue weighted by molar-refractivity contribution is 0.154. The molecule has 0 fully saturated rings. The zero-order valence-electron chi connectivity index (χ0n) is 9.57. The molecule has 0 spiro atoms. The zero-order valence-corrected chi connectivity index (χ0v) is 9.57. The molecule has 7 heteroatoms. The average molecular weight is 234 g/mol. The second kappa shape index (κ2) is 5.74. The Morgan fingerprint density at radius 3 is 2.69 bits per heavy atom. The lowest BCUT2D eigenvalue weighted by Crippen LogP contribution is -2.24. The summed E-state index contributed by atoms with van der Waals surface area (Å²) in [6, 6.07) is 0.0336. The second-order valence-corrected chi connectivity index (χ2v) is 3.47. The van der Waals surface area contributed by atoms with Gasteiger partial charge in [0.1, 0.15) is 0 Å². The lowest BCUT2D eigenvalue weighted by atomic mass is 10.3. The molecule has 1 atom stereocenters. The molecule has 92 valence electrons. The summed E-state index contributed by atoms with van der Waals surface area (Å²) >= 11 is 0. The molecule has 1 unspecified atom stereocenters. The first-order chi connectivity index (χ1) is 7.54. The van der Waals surface area contributed by atoms with Crippen molar-refractivity contribution in [1.82, 2.24) is 15.5 Å². The summed E-state index contributed by atoms with van der Waals surface area (Å²) in [7, 11) is 1.49. The van der Waals surface area contributed by atoms with Crippen LogP contribution in [0.25, 0.3) is 0 Å². The van der Waals surface area contributed by atoms with Crippen LogP contribution in [0.4, 0.5) is 14.8 Å². The first-order valence-electron chi connectivity index (χ1n) is 5.10. The third-order valence-electron chi connectivity index (χ3n) is 2.05. The van der Waals surface area contributed by atoms with Crippen molar-refractivity contribution < 1.29 is 13.2 Å².